The lowest BCUT2D eigenvalue weighted by molar-refractivity contribution is 0.601. The van der Waals surface area contributed by atoms with Crippen molar-refractivity contribution in [1.29, 1.82) is 0 Å². The molecule has 0 saturated carbocycles. The van der Waals surface area contributed by atoms with Gasteiger partial charge >= 0.3 is 0 Å². The van der Waals surface area contributed by atoms with Crippen molar-refractivity contribution in [3.8, 4) is 22.3 Å². The minimum Gasteiger partial charge on any atom is -0.454 e. The third-order valence-electron chi connectivity index (χ3n) is 15.7. The van der Waals surface area contributed by atoms with Gasteiger partial charge in [0.25, 0.3) is 0 Å². The summed E-state index contributed by atoms with van der Waals surface area (Å²) >= 11 is 0. The number of benzene rings is 10. The van der Waals surface area contributed by atoms with E-state index in [1.807, 2.05) is 6.07 Å². The minimum atomic E-state index is -0.341. The molecule has 2 aromatic heterocycles. The van der Waals surface area contributed by atoms with Crippen LogP contribution in [-0.4, -0.2) is 0 Å². The van der Waals surface area contributed by atoms with Gasteiger partial charge in [-0.1, -0.05) is 166 Å². The third kappa shape index (κ3) is 5.65. The molecule has 336 valence electrons. The van der Waals surface area contributed by atoms with Crippen molar-refractivity contribution in [1.82, 2.24) is 0 Å². The highest BCUT2D eigenvalue weighted by Crippen LogP contribution is 2.62. The molecular weight excluding hydrogens is 853 g/mol. The number of nitrogens with zero attached hydrogens (tertiary/aromatic N) is 2. The Bertz CT molecular complexity index is 4150. The molecule has 0 unspecified atom stereocenters. The van der Waals surface area contributed by atoms with E-state index in [1.165, 1.54) is 66.4 Å². The van der Waals surface area contributed by atoms with E-state index in [1.54, 1.807) is 0 Å². The summed E-state index contributed by atoms with van der Waals surface area (Å²) in [6, 6.07) is 71.1. The van der Waals surface area contributed by atoms with Crippen LogP contribution in [0.25, 0.3) is 76.9 Å². The number of fused-ring (bicyclic) bond motifs is 15. The number of aryl methyl sites for hydroxylation is 2. The first-order valence-electron chi connectivity index (χ1n) is 24.5. The second-order valence-electron chi connectivity index (χ2n) is 20.6. The molecule has 0 fully saturated rings. The maximum Gasteiger partial charge on any atom is 0.159 e. The second kappa shape index (κ2) is 14.6. The van der Waals surface area contributed by atoms with Crippen LogP contribution in [0.15, 0.2) is 203 Å². The molecule has 0 saturated heterocycles. The smallest absolute Gasteiger partial charge is 0.159 e. The van der Waals surface area contributed by atoms with Crippen LogP contribution in [0.4, 0.5) is 34.1 Å². The first-order valence-corrected chi connectivity index (χ1v) is 24.5. The lowest BCUT2D eigenvalue weighted by Crippen LogP contribution is -2.24. The fraction of sp³-hybridized carbons (Fsp3) is 0.121. The van der Waals surface area contributed by atoms with E-state index in [9.17, 15) is 0 Å². The Morgan fingerprint density at radius 1 is 0.343 bits per heavy atom. The van der Waals surface area contributed by atoms with Gasteiger partial charge < -0.3 is 18.6 Å². The van der Waals surface area contributed by atoms with Crippen LogP contribution in [0.1, 0.15) is 61.1 Å². The van der Waals surface area contributed by atoms with Crippen molar-refractivity contribution in [2.45, 2.75) is 52.4 Å². The van der Waals surface area contributed by atoms with Crippen LogP contribution in [0.2, 0.25) is 0 Å². The Morgan fingerprint density at radius 3 is 1.41 bits per heavy atom. The first kappa shape index (κ1) is 40.7. The average Bonchev–Trinajstić information content (AvgIpc) is 4.08. The normalized spacial score (nSPS) is 14.1. The maximum atomic E-state index is 6.79. The summed E-state index contributed by atoms with van der Waals surface area (Å²) in [5, 5.41) is 6.91. The number of rotatable bonds is 6. The van der Waals surface area contributed by atoms with Crippen LogP contribution in [0.5, 0.6) is 0 Å². The molecule has 0 bridgehead atoms. The monoisotopic (exact) mass is 902 g/mol. The van der Waals surface area contributed by atoms with E-state index in [0.717, 1.165) is 78.0 Å². The van der Waals surface area contributed by atoms with Gasteiger partial charge in [0.15, 0.2) is 11.2 Å². The minimum absolute atomic E-state index is 0.320. The molecule has 4 nitrogen and oxygen atoms in total. The first-order chi connectivity index (χ1) is 34.1. The number of hydrogen-bond donors (Lipinski definition) is 0. The molecule has 0 atom stereocenters. The second-order valence-corrected chi connectivity index (χ2v) is 20.6. The summed E-state index contributed by atoms with van der Waals surface area (Å²) < 4.78 is 13.5. The van der Waals surface area contributed by atoms with Crippen LogP contribution in [0, 0.1) is 13.8 Å². The highest BCUT2D eigenvalue weighted by atomic mass is 16.3. The van der Waals surface area contributed by atoms with Gasteiger partial charge in [-0.2, -0.15) is 0 Å². The van der Waals surface area contributed by atoms with Gasteiger partial charge in [0, 0.05) is 54.8 Å². The highest BCUT2D eigenvalue weighted by molar-refractivity contribution is 6.15. The van der Waals surface area contributed by atoms with E-state index in [2.05, 4.69) is 239 Å². The molecule has 0 aliphatic heterocycles. The number of hydrogen-bond acceptors (Lipinski definition) is 4. The van der Waals surface area contributed by atoms with Gasteiger partial charge in [0.05, 0.1) is 17.1 Å². The molecule has 70 heavy (non-hydrogen) atoms. The van der Waals surface area contributed by atoms with E-state index >= 15 is 0 Å². The van der Waals surface area contributed by atoms with Crippen molar-refractivity contribution in [2.24, 2.45) is 0 Å². The number of para-hydroxylation sites is 4. The fourth-order valence-electron chi connectivity index (χ4n) is 12.4. The van der Waals surface area contributed by atoms with Gasteiger partial charge in [-0.15, -0.1) is 0 Å². The van der Waals surface area contributed by atoms with Crippen LogP contribution >= 0.6 is 0 Å². The van der Waals surface area contributed by atoms with Gasteiger partial charge in [0.2, 0.25) is 0 Å². The molecule has 2 heterocycles. The largest absolute Gasteiger partial charge is 0.454 e. The zero-order chi connectivity index (χ0) is 47.2. The zero-order valence-corrected chi connectivity index (χ0v) is 40.2. The summed E-state index contributed by atoms with van der Waals surface area (Å²) in [6.45, 7) is 14.1. The summed E-state index contributed by atoms with van der Waals surface area (Å²) in [6.07, 6.45) is 0. The summed E-state index contributed by atoms with van der Waals surface area (Å²) in [5.74, 6) is 0. The number of anilines is 6. The van der Waals surface area contributed by atoms with Crippen molar-refractivity contribution in [2.75, 3.05) is 9.80 Å². The van der Waals surface area contributed by atoms with Crippen molar-refractivity contribution < 1.29 is 8.83 Å². The predicted octanol–water partition coefficient (Wildman–Crippen LogP) is 18.8. The van der Waals surface area contributed by atoms with Crippen LogP contribution in [0.3, 0.4) is 0 Å². The summed E-state index contributed by atoms with van der Waals surface area (Å²) in [5.41, 5.74) is 22.5. The maximum absolute atomic E-state index is 6.79. The fourth-order valence-corrected chi connectivity index (χ4v) is 12.4. The quantitative estimate of drug-likeness (QED) is 0.166. The van der Waals surface area contributed by atoms with Gasteiger partial charge in [-0.3, -0.25) is 0 Å². The lowest BCUT2D eigenvalue weighted by atomic mass is 9.72. The lowest BCUT2D eigenvalue weighted by Gasteiger charge is -2.32. The third-order valence-corrected chi connectivity index (χ3v) is 15.7. The zero-order valence-electron chi connectivity index (χ0n) is 40.2. The Kier molecular flexibility index (Phi) is 8.48. The average molecular weight is 903 g/mol. The molecular formula is C66H50N2O2. The molecule has 10 aromatic carbocycles. The van der Waals surface area contributed by atoms with E-state index in [4.69, 9.17) is 8.83 Å². The predicted molar refractivity (Wildman–Crippen MR) is 292 cm³/mol. The van der Waals surface area contributed by atoms with Crippen molar-refractivity contribution >= 4 is 88.8 Å². The molecule has 0 amide bonds. The van der Waals surface area contributed by atoms with E-state index in [0.29, 0.717) is 0 Å². The van der Waals surface area contributed by atoms with Crippen LogP contribution in [-0.2, 0) is 10.8 Å². The van der Waals surface area contributed by atoms with Gasteiger partial charge in [0.1, 0.15) is 11.2 Å². The topological polar surface area (TPSA) is 32.8 Å². The SMILES string of the molecule is Cc1ccc(N(c2ccc3c(c2)C(C)(C)c2c-3ccc3c2C(C)(C)c2cc(N(c4ccc(C)cc4)c4cccc5c4oc4ccccc45)c4ccccc4c2-3)c2cccc3c2oc2ccccc23)cc1. The summed E-state index contributed by atoms with van der Waals surface area (Å²) in [7, 11) is 0. The van der Waals surface area contributed by atoms with Gasteiger partial charge in [-0.05, 0) is 130 Å². The Balaban J connectivity index is 0.951. The molecule has 0 spiro atoms. The van der Waals surface area contributed by atoms with Crippen molar-refractivity contribution in [3.63, 3.8) is 0 Å². The molecule has 14 rings (SSSR count). The molecule has 0 N–H and O–H groups in total. The van der Waals surface area contributed by atoms with Crippen molar-refractivity contribution in [3.05, 3.63) is 228 Å². The number of furan rings is 2. The van der Waals surface area contributed by atoms with Gasteiger partial charge in [-0.25, -0.2) is 0 Å². The Labute approximate surface area is 407 Å². The van der Waals surface area contributed by atoms with E-state index in [-0.39, 0.29) is 10.8 Å². The summed E-state index contributed by atoms with van der Waals surface area (Å²) in [4.78, 5) is 4.82. The molecule has 2 aliphatic rings. The standard InChI is InChI=1S/C66H50N2O2/c1-39-25-29-41(30-26-39)67(55-21-13-19-50-46-16-9-11-23-58(46)69-63(50)55)43-33-34-44-49-35-36-52-60-48-18-8-7-15-45(48)57(38-54(60)66(5,6)62(52)61(49)65(3,4)53(44)37-43)68(42-31-27-40(2)28-32-42)56-22-14-20-51-47-17-10-12-24-59(47)70-64(51)56/h7-38H,1-6H3. The molecule has 4 heteroatoms. The Hall–Kier alpha value is -8.34. The Morgan fingerprint density at radius 2 is 0.800 bits per heavy atom. The highest BCUT2D eigenvalue weighted by Gasteiger charge is 2.47. The molecule has 12 aromatic rings. The van der Waals surface area contributed by atoms with Crippen LogP contribution < -0.4 is 9.80 Å². The van der Waals surface area contributed by atoms with E-state index < -0.39 is 0 Å². The molecule has 2 aliphatic carbocycles. The molecule has 0 radical (unpaired) electrons.